The zero-order valence-electron chi connectivity index (χ0n) is 9.85. The normalized spacial score (nSPS) is 14.2. The Hall–Kier alpha value is -2.44. The molecule has 0 radical (unpaired) electrons. The quantitative estimate of drug-likeness (QED) is 0.819. The number of fused-ring (bicyclic) bond motifs is 1. The second-order valence-electron chi connectivity index (χ2n) is 4.08. The Labute approximate surface area is 107 Å². The van der Waals surface area contributed by atoms with Crippen LogP contribution in [0.15, 0.2) is 16.7 Å². The molecule has 0 saturated carbocycles. The van der Waals surface area contributed by atoms with E-state index in [2.05, 4.69) is 5.16 Å². The minimum absolute atomic E-state index is 0.0566. The van der Waals surface area contributed by atoms with Gasteiger partial charge in [0.25, 0.3) is 0 Å². The molecular weight excluding hydrogens is 255 g/mol. The van der Waals surface area contributed by atoms with Crippen LogP contribution in [0, 0.1) is 5.82 Å². The standard InChI is InChI=1S/C12H11FN2O4/c13-6-4-8-12(18-3-1-2-17-8)10(11(6)16)7-5-9(14)15-19-7/h4-5,16H,1-3H2,(H2,14,15). The van der Waals surface area contributed by atoms with Crippen LogP contribution in [0.4, 0.5) is 10.2 Å². The highest BCUT2D eigenvalue weighted by Crippen LogP contribution is 2.46. The van der Waals surface area contributed by atoms with Crippen LogP contribution in [0.25, 0.3) is 11.3 Å². The van der Waals surface area contributed by atoms with E-state index in [0.717, 1.165) is 6.07 Å². The van der Waals surface area contributed by atoms with Crippen LogP contribution in [0.3, 0.4) is 0 Å². The summed E-state index contributed by atoms with van der Waals surface area (Å²) < 4.78 is 29.6. The monoisotopic (exact) mass is 266 g/mol. The number of hydrogen-bond acceptors (Lipinski definition) is 6. The molecule has 19 heavy (non-hydrogen) atoms. The number of phenolic OH excluding ortho intramolecular Hbond substituents is 1. The van der Waals surface area contributed by atoms with Gasteiger partial charge in [-0.25, -0.2) is 4.39 Å². The van der Waals surface area contributed by atoms with Crippen molar-refractivity contribution in [3.8, 4) is 28.6 Å². The van der Waals surface area contributed by atoms with E-state index in [1.165, 1.54) is 6.07 Å². The number of aromatic hydroxyl groups is 1. The van der Waals surface area contributed by atoms with Crippen molar-refractivity contribution >= 4 is 5.82 Å². The molecule has 0 fully saturated rings. The predicted octanol–water partition coefficient (Wildman–Crippen LogP) is 1.93. The molecule has 7 heteroatoms. The maximum Gasteiger partial charge on any atom is 0.176 e. The second kappa shape index (κ2) is 4.34. The van der Waals surface area contributed by atoms with Gasteiger partial charge in [-0.15, -0.1) is 0 Å². The summed E-state index contributed by atoms with van der Waals surface area (Å²) in [5, 5.41) is 13.4. The first-order valence-corrected chi connectivity index (χ1v) is 5.70. The number of anilines is 1. The molecule has 0 spiro atoms. The van der Waals surface area contributed by atoms with E-state index in [-0.39, 0.29) is 28.6 Å². The van der Waals surface area contributed by atoms with Gasteiger partial charge in [-0.05, 0) is 0 Å². The molecule has 0 bridgehead atoms. The number of benzene rings is 1. The van der Waals surface area contributed by atoms with Gasteiger partial charge in [0.15, 0.2) is 34.6 Å². The van der Waals surface area contributed by atoms with Crippen LogP contribution in [-0.4, -0.2) is 23.5 Å². The fourth-order valence-electron chi connectivity index (χ4n) is 1.90. The summed E-state index contributed by atoms with van der Waals surface area (Å²) in [6.07, 6.45) is 0.662. The third-order valence-electron chi connectivity index (χ3n) is 2.74. The lowest BCUT2D eigenvalue weighted by Gasteiger charge is -2.12. The topological polar surface area (TPSA) is 90.7 Å². The average Bonchev–Trinajstić information content (AvgIpc) is 2.67. The zero-order chi connectivity index (χ0) is 13.4. The van der Waals surface area contributed by atoms with Crippen LogP contribution in [0.1, 0.15) is 6.42 Å². The lowest BCUT2D eigenvalue weighted by Crippen LogP contribution is -1.98. The van der Waals surface area contributed by atoms with E-state index in [1.54, 1.807) is 0 Å². The highest BCUT2D eigenvalue weighted by Gasteiger charge is 2.26. The van der Waals surface area contributed by atoms with Crippen molar-refractivity contribution in [1.82, 2.24) is 5.16 Å². The Balaban J connectivity index is 2.24. The van der Waals surface area contributed by atoms with E-state index in [0.29, 0.717) is 19.6 Å². The first-order chi connectivity index (χ1) is 9.16. The minimum Gasteiger partial charge on any atom is -0.504 e. The first-order valence-electron chi connectivity index (χ1n) is 5.70. The summed E-state index contributed by atoms with van der Waals surface area (Å²) in [6, 6.07) is 2.46. The van der Waals surface area contributed by atoms with Crippen LogP contribution in [0.2, 0.25) is 0 Å². The minimum atomic E-state index is -0.825. The van der Waals surface area contributed by atoms with Gasteiger partial charge in [-0.2, -0.15) is 0 Å². The Morgan fingerprint density at radius 2 is 2.05 bits per heavy atom. The van der Waals surface area contributed by atoms with E-state index in [9.17, 15) is 9.50 Å². The second-order valence-corrected chi connectivity index (χ2v) is 4.08. The molecule has 6 nitrogen and oxygen atoms in total. The lowest BCUT2D eigenvalue weighted by atomic mass is 10.1. The Kier molecular flexibility index (Phi) is 2.66. The van der Waals surface area contributed by atoms with Crippen molar-refractivity contribution in [2.75, 3.05) is 18.9 Å². The van der Waals surface area contributed by atoms with Gasteiger partial charge in [0.1, 0.15) is 5.56 Å². The lowest BCUT2D eigenvalue weighted by molar-refractivity contribution is 0.296. The van der Waals surface area contributed by atoms with Crippen molar-refractivity contribution < 1.29 is 23.5 Å². The van der Waals surface area contributed by atoms with E-state index >= 15 is 0 Å². The molecule has 0 atom stereocenters. The van der Waals surface area contributed by atoms with Crippen LogP contribution >= 0.6 is 0 Å². The average molecular weight is 266 g/mol. The van der Waals surface area contributed by atoms with Crippen molar-refractivity contribution in [1.29, 1.82) is 0 Å². The number of aromatic nitrogens is 1. The summed E-state index contributed by atoms with van der Waals surface area (Å²) in [7, 11) is 0. The Bertz CT molecular complexity index is 626. The van der Waals surface area contributed by atoms with Crippen molar-refractivity contribution in [3.05, 3.63) is 17.9 Å². The highest BCUT2D eigenvalue weighted by atomic mass is 19.1. The maximum atomic E-state index is 13.7. The molecule has 1 aliphatic heterocycles. The van der Waals surface area contributed by atoms with E-state index in [4.69, 9.17) is 19.7 Å². The Morgan fingerprint density at radius 3 is 2.79 bits per heavy atom. The summed E-state index contributed by atoms with van der Waals surface area (Å²) in [5.74, 6) is -0.710. The van der Waals surface area contributed by atoms with Gasteiger partial charge < -0.3 is 24.8 Å². The van der Waals surface area contributed by atoms with E-state index < -0.39 is 11.6 Å². The molecular formula is C12H11FN2O4. The van der Waals surface area contributed by atoms with Gasteiger partial charge in [-0.1, -0.05) is 5.16 Å². The fraction of sp³-hybridized carbons (Fsp3) is 0.250. The fourth-order valence-corrected chi connectivity index (χ4v) is 1.90. The van der Waals surface area contributed by atoms with Crippen LogP contribution in [0.5, 0.6) is 17.2 Å². The summed E-state index contributed by atoms with van der Waals surface area (Å²) in [5.41, 5.74) is 5.52. The van der Waals surface area contributed by atoms with Gasteiger partial charge >= 0.3 is 0 Å². The summed E-state index contributed by atoms with van der Waals surface area (Å²) >= 11 is 0. The number of nitrogen functional groups attached to an aromatic ring is 1. The molecule has 1 aromatic heterocycles. The van der Waals surface area contributed by atoms with Crippen LogP contribution in [-0.2, 0) is 0 Å². The highest BCUT2D eigenvalue weighted by molar-refractivity contribution is 5.77. The number of ether oxygens (including phenoxy) is 2. The predicted molar refractivity (Wildman–Crippen MR) is 63.6 cm³/mol. The van der Waals surface area contributed by atoms with Crippen molar-refractivity contribution in [2.24, 2.45) is 0 Å². The molecule has 100 valence electrons. The maximum absolute atomic E-state index is 13.7. The molecule has 3 N–H and O–H groups in total. The summed E-state index contributed by atoms with van der Waals surface area (Å²) in [4.78, 5) is 0. The largest absolute Gasteiger partial charge is 0.504 e. The van der Waals surface area contributed by atoms with Crippen molar-refractivity contribution in [3.63, 3.8) is 0 Å². The van der Waals surface area contributed by atoms with Gasteiger partial charge in [-0.3, -0.25) is 0 Å². The van der Waals surface area contributed by atoms with Gasteiger partial charge in [0.2, 0.25) is 0 Å². The number of nitrogens with zero attached hydrogens (tertiary/aromatic N) is 1. The Morgan fingerprint density at radius 1 is 1.26 bits per heavy atom. The zero-order valence-corrected chi connectivity index (χ0v) is 9.85. The molecule has 0 aliphatic carbocycles. The third-order valence-corrected chi connectivity index (χ3v) is 2.74. The van der Waals surface area contributed by atoms with E-state index in [1.807, 2.05) is 0 Å². The SMILES string of the molecule is Nc1cc(-c2c(O)c(F)cc3c2OCCCO3)on1. The first kappa shape index (κ1) is 11.6. The molecule has 0 unspecified atom stereocenters. The number of halogens is 1. The molecule has 2 heterocycles. The van der Waals surface area contributed by atoms with Gasteiger partial charge in [0.05, 0.1) is 13.2 Å². The molecule has 0 saturated heterocycles. The molecule has 2 aromatic rings. The van der Waals surface area contributed by atoms with Crippen LogP contribution < -0.4 is 15.2 Å². The smallest absolute Gasteiger partial charge is 0.176 e. The molecule has 1 aliphatic rings. The number of hydrogen-bond donors (Lipinski definition) is 2. The molecule has 1 aromatic carbocycles. The number of phenols is 1. The van der Waals surface area contributed by atoms with Crippen molar-refractivity contribution in [2.45, 2.75) is 6.42 Å². The number of nitrogens with two attached hydrogens (primary N) is 1. The van der Waals surface area contributed by atoms with Gasteiger partial charge in [0, 0.05) is 18.6 Å². The molecule has 0 amide bonds. The summed E-state index contributed by atoms with van der Waals surface area (Å²) in [6.45, 7) is 0.809. The number of rotatable bonds is 1. The third kappa shape index (κ3) is 1.92. The molecule has 3 rings (SSSR count).